The van der Waals surface area contributed by atoms with E-state index < -0.39 is 0 Å². The van der Waals surface area contributed by atoms with E-state index in [4.69, 9.17) is 0 Å². The minimum atomic E-state index is 0.764. The van der Waals surface area contributed by atoms with E-state index in [9.17, 15) is 0 Å². The molecule has 2 N–H and O–H groups in total. The molecule has 0 saturated heterocycles. The molecular weight excluding hydrogens is 633 g/mol. The van der Waals surface area contributed by atoms with Crippen molar-refractivity contribution in [1.82, 2.24) is 19.9 Å². The number of nitrogens with zero attached hydrogens (tertiary/aromatic N) is 6. The van der Waals surface area contributed by atoms with Gasteiger partial charge in [-0.3, -0.25) is 20.8 Å². The summed E-state index contributed by atoms with van der Waals surface area (Å²) in [6.07, 6.45) is 3.54. The number of anilines is 2. The second-order valence-corrected chi connectivity index (χ2v) is 12.3. The zero-order chi connectivity index (χ0) is 32.4. The van der Waals surface area contributed by atoms with Crippen LogP contribution in [0.2, 0.25) is 0 Å². The maximum absolute atomic E-state index is 4.58. The van der Waals surface area contributed by atoms with Crippen molar-refractivity contribution >= 4 is 64.8 Å². The fourth-order valence-electron chi connectivity index (χ4n) is 4.78. The molecular formula is C38H28N8S2. The molecule has 0 fully saturated rings. The van der Waals surface area contributed by atoms with Gasteiger partial charge in [0.25, 0.3) is 0 Å². The van der Waals surface area contributed by atoms with Crippen LogP contribution in [0.4, 0.5) is 10.3 Å². The molecule has 8 nitrogen and oxygen atoms in total. The van der Waals surface area contributed by atoms with Gasteiger partial charge < -0.3 is 0 Å². The van der Waals surface area contributed by atoms with Crippen LogP contribution in [0.25, 0.3) is 20.4 Å². The van der Waals surface area contributed by atoms with Crippen LogP contribution in [-0.4, -0.2) is 31.4 Å². The minimum Gasteiger partial charge on any atom is -0.255 e. The SMILES string of the molecule is c1ccc(/C(=N/Nc2nc3ccccc3s2)c2ccccn2)cc1.c1ccc(/C(=N\Nc2nc3ccccc3s2)c2ccccn2)cc1. The topological polar surface area (TPSA) is 100 Å². The molecule has 0 spiro atoms. The molecule has 0 unspecified atom stereocenters. The molecule has 0 bridgehead atoms. The van der Waals surface area contributed by atoms with Crippen LogP contribution in [0.15, 0.2) is 168 Å². The summed E-state index contributed by atoms with van der Waals surface area (Å²) in [6, 6.07) is 47.7. The van der Waals surface area contributed by atoms with Gasteiger partial charge in [-0.2, -0.15) is 10.2 Å². The molecule has 0 aliphatic rings. The molecule has 48 heavy (non-hydrogen) atoms. The van der Waals surface area contributed by atoms with E-state index >= 15 is 0 Å². The summed E-state index contributed by atoms with van der Waals surface area (Å²) >= 11 is 3.16. The van der Waals surface area contributed by atoms with Crippen LogP contribution in [0.3, 0.4) is 0 Å². The highest BCUT2D eigenvalue weighted by Crippen LogP contribution is 2.26. The first kappa shape index (κ1) is 30.5. The van der Waals surface area contributed by atoms with Gasteiger partial charge in [-0.1, -0.05) is 120 Å². The summed E-state index contributed by atoms with van der Waals surface area (Å²) in [5, 5.41) is 10.7. The highest BCUT2D eigenvalue weighted by Gasteiger charge is 2.10. The molecule has 0 aliphatic carbocycles. The standard InChI is InChI=1S/2C19H14N4S/c2*1-2-8-14(9-3-1)18(16-11-6-7-13-20-16)22-23-19-21-15-10-4-5-12-17(15)24-19/h2*1-13H,(H,21,23)/b22-18+;22-18-. The third kappa shape index (κ3) is 7.47. The predicted octanol–water partition coefficient (Wildman–Crippen LogP) is 9.11. The van der Waals surface area contributed by atoms with Crippen molar-refractivity contribution in [3.63, 3.8) is 0 Å². The van der Waals surface area contributed by atoms with Gasteiger partial charge in [0, 0.05) is 23.5 Å². The van der Waals surface area contributed by atoms with Crippen LogP contribution in [0.1, 0.15) is 22.5 Å². The van der Waals surface area contributed by atoms with Gasteiger partial charge in [0.05, 0.1) is 31.8 Å². The molecule has 0 saturated carbocycles. The van der Waals surface area contributed by atoms with Gasteiger partial charge in [-0.25, -0.2) is 9.97 Å². The molecule has 4 heterocycles. The van der Waals surface area contributed by atoms with Gasteiger partial charge in [-0.15, -0.1) is 0 Å². The monoisotopic (exact) mass is 660 g/mol. The lowest BCUT2D eigenvalue weighted by molar-refractivity contribution is 1.24. The quantitative estimate of drug-likeness (QED) is 0.125. The molecule has 0 atom stereocenters. The number of hydrogen-bond donors (Lipinski definition) is 2. The third-order valence-electron chi connectivity index (χ3n) is 7.02. The summed E-state index contributed by atoms with van der Waals surface area (Å²) < 4.78 is 2.27. The summed E-state index contributed by atoms with van der Waals surface area (Å²) in [6.45, 7) is 0. The van der Waals surface area contributed by atoms with Crippen molar-refractivity contribution in [2.24, 2.45) is 10.2 Å². The second kappa shape index (κ2) is 15.0. The molecule has 8 rings (SSSR count). The van der Waals surface area contributed by atoms with Gasteiger partial charge in [0.2, 0.25) is 10.3 Å². The Morgan fingerprint density at radius 1 is 0.438 bits per heavy atom. The van der Waals surface area contributed by atoms with Gasteiger partial charge >= 0.3 is 0 Å². The number of pyridine rings is 2. The molecule has 0 aliphatic heterocycles. The highest BCUT2D eigenvalue weighted by atomic mass is 32.1. The Hall–Kier alpha value is -6.10. The number of hydrogen-bond acceptors (Lipinski definition) is 10. The van der Waals surface area contributed by atoms with Crippen molar-refractivity contribution < 1.29 is 0 Å². The number of aromatic nitrogens is 4. The number of rotatable bonds is 8. The molecule has 232 valence electrons. The van der Waals surface area contributed by atoms with E-state index in [0.29, 0.717) is 0 Å². The van der Waals surface area contributed by atoms with Gasteiger partial charge in [-0.05, 0) is 48.5 Å². The Bertz CT molecular complexity index is 1970. The maximum atomic E-state index is 4.58. The van der Waals surface area contributed by atoms with Crippen molar-refractivity contribution in [3.05, 3.63) is 181 Å². The zero-order valence-electron chi connectivity index (χ0n) is 25.5. The lowest BCUT2D eigenvalue weighted by Gasteiger charge is -2.06. The number of fused-ring (bicyclic) bond motifs is 2. The van der Waals surface area contributed by atoms with E-state index in [1.165, 1.54) is 0 Å². The Kier molecular flexibility index (Phi) is 9.54. The van der Waals surface area contributed by atoms with Crippen molar-refractivity contribution in [1.29, 1.82) is 0 Å². The van der Waals surface area contributed by atoms with Crippen LogP contribution in [-0.2, 0) is 0 Å². The highest BCUT2D eigenvalue weighted by molar-refractivity contribution is 7.22. The lowest BCUT2D eigenvalue weighted by atomic mass is 10.1. The first-order valence-corrected chi connectivity index (χ1v) is 16.8. The van der Waals surface area contributed by atoms with E-state index in [-0.39, 0.29) is 0 Å². The predicted molar refractivity (Wildman–Crippen MR) is 199 cm³/mol. The third-order valence-corrected chi connectivity index (χ3v) is 8.91. The number of thiazole rings is 2. The molecule has 4 aromatic heterocycles. The summed E-state index contributed by atoms with van der Waals surface area (Å²) in [5.74, 6) is 0. The minimum absolute atomic E-state index is 0.764. The smallest absolute Gasteiger partial charge is 0.204 e. The average Bonchev–Trinajstić information content (AvgIpc) is 3.78. The lowest BCUT2D eigenvalue weighted by Crippen LogP contribution is -2.08. The van der Waals surface area contributed by atoms with Crippen molar-refractivity contribution in [2.45, 2.75) is 0 Å². The molecule has 4 aromatic carbocycles. The first-order valence-electron chi connectivity index (χ1n) is 15.1. The fraction of sp³-hybridized carbons (Fsp3) is 0. The molecule has 10 heteroatoms. The average molecular weight is 661 g/mol. The Balaban J connectivity index is 0.000000152. The van der Waals surface area contributed by atoms with Crippen LogP contribution < -0.4 is 10.9 Å². The largest absolute Gasteiger partial charge is 0.255 e. The maximum Gasteiger partial charge on any atom is 0.204 e. The summed E-state index contributed by atoms with van der Waals surface area (Å²) in [4.78, 5) is 17.9. The summed E-state index contributed by atoms with van der Waals surface area (Å²) in [5.41, 5.74) is 13.3. The van der Waals surface area contributed by atoms with E-state index in [2.05, 4.69) is 53.1 Å². The van der Waals surface area contributed by atoms with Gasteiger partial charge in [0.1, 0.15) is 11.4 Å². The number of para-hydroxylation sites is 2. The molecule has 0 radical (unpaired) electrons. The van der Waals surface area contributed by atoms with Crippen molar-refractivity contribution in [3.8, 4) is 0 Å². The summed E-state index contributed by atoms with van der Waals surface area (Å²) in [7, 11) is 0. The second-order valence-electron chi connectivity index (χ2n) is 10.3. The number of benzene rings is 4. The van der Waals surface area contributed by atoms with Crippen LogP contribution >= 0.6 is 22.7 Å². The van der Waals surface area contributed by atoms with E-state index in [1.807, 2.05) is 133 Å². The number of hydrazone groups is 2. The Morgan fingerprint density at radius 2 is 0.833 bits per heavy atom. The Morgan fingerprint density at radius 3 is 1.23 bits per heavy atom. The molecule has 8 aromatic rings. The fourth-order valence-corrected chi connectivity index (χ4v) is 6.40. The normalized spacial score (nSPS) is 11.6. The first-order chi connectivity index (χ1) is 23.8. The van der Waals surface area contributed by atoms with Gasteiger partial charge in [0.15, 0.2) is 0 Å². The van der Waals surface area contributed by atoms with Crippen LogP contribution in [0, 0.1) is 0 Å². The zero-order valence-corrected chi connectivity index (χ0v) is 27.1. The van der Waals surface area contributed by atoms with Crippen molar-refractivity contribution in [2.75, 3.05) is 10.9 Å². The Labute approximate surface area is 285 Å². The van der Waals surface area contributed by atoms with E-state index in [0.717, 1.165) is 64.6 Å². The van der Waals surface area contributed by atoms with E-state index in [1.54, 1.807) is 35.1 Å². The molecule has 0 amide bonds. The number of nitrogens with one attached hydrogen (secondary N) is 2. The van der Waals surface area contributed by atoms with Crippen LogP contribution in [0.5, 0.6) is 0 Å².